The molecule has 4 N–H and O–H groups in total. The second-order valence-electron chi connectivity index (χ2n) is 14.2. The Bertz CT molecular complexity index is 1570. The number of hydroxylamine groups is 1. The van der Waals surface area contributed by atoms with Gasteiger partial charge in [-0.1, -0.05) is 29.7 Å². The number of phenols is 1. The zero-order valence-corrected chi connectivity index (χ0v) is 30.4. The second kappa shape index (κ2) is 16.7. The highest BCUT2D eigenvalue weighted by molar-refractivity contribution is 9.10. The average Bonchev–Trinajstić information content (AvgIpc) is 3.31. The summed E-state index contributed by atoms with van der Waals surface area (Å²) in [6.45, 7) is 4.26. The number of para-hydroxylation sites is 1. The fourth-order valence-electron chi connectivity index (χ4n) is 8.10. The Morgan fingerprint density at radius 2 is 1.59 bits per heavy atom. The van der Waals surface area contributed by atoms with E-state index >= 15 is 0 Å². The first-order valence-electron chi connectivity index (χ1n) is 17.9. The van der Waals surface area contributed by atoms with E-state index in [2.05, 4.69) is 21.2 Å². The first-order chi connectivity index (χ1) is 24.6. The van der Waals surface area contributed by atoms with Crippen molar-refractivity contribution in [1.82, 2.24) is 25.1 Å². The third-order valence-electron chi connectivity index (χ3n) is 11.0. The first-order valence-corrected chi connectivity index (χ1v) is 18.7. The number of hydrogen-bond acceptors (Lipinski definition) is 8. The molecule has 0 saturated carbocycles. The van der Waals surface area contributed by atoms with E-state index < -0.39 is 18.1 Å². The van der Waals surface area contributed by atoms with Crippen LogP contribution in [0, 0.1) is 11.8 Å². The van der Waals surface area contributed by atoms with E-state index in [9.17, 15) is 24.3 Å². The molecule has 0 bridgehead atoms. The Morgan fingerprint density at radius 3 is 2.25 bits per heavy atom. The van der Waals surface area contributed by atoms with Crippen LogP contribution in [0.25, 0.3) is 0 Å². The summed E-state index contributed by atoms with van der Waals surface area (Å²) >= 11 is 3.33. The van der Waals surface area contributed by atoms with Gasteiger partial charge in [0.1, 0.15) is 13.6 Å². The molecule has 0 unspecified atom stereocenters. The molecule has 2 aromatic rings. The molecule has 0 aliphatic carbocycles. The Hall–Kier alpha value is -3.82. The Labute approximate surface area is 308 Å². The van der Waals surface area contributed by atoms with Crippen LogP contribution in [0.3, 0.4) is 0 Å². The van der Waals surface area contributed by atoms with Crippen molar-refractivity contribution in [3.05, 3.63) is 52.0 Å². The van der Waals surface area contributed by atoms with Crippen molar-refractivity contribution in [3.8, 4) is 5.75 Å². The molecular formula is C36H46BBrN6O7. The molecule has 0 spiro atoms. The molecule has 13 nitrogen and oxygen atoms in total. The van der Waals surface area contributed by atoms with Crippen molar-refractivity contribution in [1.29, 1.82) is 0 Å². The number of aromatic hydroxyl groups is 1. The van der Waals surface area contributed by atoms with Crippen molar-refractivity contribution >= 4 is 58.9 Å². The van der Waals surface area contributed by atoms with Crippen LogP contribution >= 0.6 is 15.9 Å². The van der Waals surface area contributed by atoms with E-state index in [0.717, 1.165) is 56.4 Å². The number of likely N-dealkylation sites (tertiary alicyclic amines) is 3. The molecular weight excluding hydrogens is 719 g/mol. The second-order valence-corrected chi connectivity index (χ2v) is 15.0. The standard InChI is InChI=1S/C36H46BBrN6O7/c37-28-19-23(20-29(38)33(28)46)21-31(34(47)42-14-7-25(8-15-42)24-5-12-41(13-6-24)22-32(45)40-50)51-36(49)43-16-10-27(11-17-43)44-18-9-26-3-1-2-4-30(26)39-35(44)48/h1-4,19-20,24-25,27,31,46,50H,5-18,21-22H2,(H,39,48)(H,40,45)/t31-/m1/s1. The van der Waals surface area contributed by atoms with Gasteiger partial charge in [-0.25, -0.2) is 15.1 Å². The number of nitrogens with zero attached hydrogens (tertiary/aromatic N) is 4. The van der Waals surface area contributed by atoms with Crippen molar-refractivity contribution < 1.29 is 34.2 Å². The molecule has 4 aliphatic rings. The van der Waals surface area contributed by atoms with Crippen molar-refractivity contribution in [2.24, 2.45) is 11.8 Å². The summed E-state index contributed by atoms with van der Waals surface area (Å²) < 4.78 is 6.40. The van der Waals surface area contributed by atoms with Crippen LogP contribution in [-0.4, -0.2) is 126 Å². The number of fused-ring (bicyclic) bond motifs is 1. The number of phenolic OH excluding ortho intramolecular Hbond substituents is 1. The van der Waals surface area contributed by atoms with Gasteiger partial charge in [0, 0.05) is 50.9 Å². The third-order valence-corrected chi connectivity index (χ3v) is 11.6. The quantitative estimate of drug-likeness (QED) is 0.182. The number of benzene rings is 2. The van der Waals surface area contributed by atoms with E-state index in [4.69, 9.17) is 17.8 Å². The fourth-order valence-corrected chi connectivity index (χ4v) is 8.62. The molecule has 5 amide bonds. The molecule has 3 saturated heterocycles. The highest BCUT2D eigenvalue weighted by Crippen LogP contribution is 2.33. The van der Waals surface area contributed by atoms with Gasteiger partial charge in [-0.3, -0.25) is 19.7 Å². The van der Waals surface area contributed by atoms with E-state index in [-0.39, 0.29) is 42.2 Å². The minimum Gasteiger partial charge on any atom is -0.507 e. The predicted octanol–water partition coefficient (Wildman–Crippen LogP) is 3.01. The van der Waals surface area contributed by atoms with Gasteiger partial charge in [0.05, 0.1) is 11.0 Å². The summed E-state index contributed by atoms with van der Waals surface area (Å²) in [5.41, 5.74) is 4.43. The molecule has 1 atom stereocenters. The van der Waals surface area contributed by atoms with Crippen molar-refractivity contribution in [2.45, 2.75) is 63.5 Å². The lowest BCUT2D eigenvalue weighted by Gasteiger charge is -2.41. The number of nitrogens with one attached hydrogen (secondary N) is 2. The molecule has 15 heteroatoms. The third kappa shape index (κ3) is 8.98. The fraction of sp³-hybridized carbons (Fsp3) is 0.556. The predicted molar refractivity (Wildman–Crippen MR) is 194 cm³/mol. The van der Waals surface area contributed by atoms with Gasteiger partial charge < -0.3 is 29.9 Å². The minimum atomic E-state index is -1.08. The molecule has 272 valence electrons. The first kappa shape index (κ1) is 37.0. The number of amides is 5. The summed E-state index contributed by atoms with van der Waals surface area (Å²) in [5, 5.41) is 22.1. The van der Waals surface area contributed by atoms with Crippen molar-refractivity contribution in [3.63, 3.8) is 0 Å². The lowest BCUT2D eigenvalue weighted by Crippen LogP contribution is -2.52. The molecule has 51 heavy (non-hydrogen) atoms. The molecule has 6 rings (SSSR count). The van der Waals surface area contributed by atoms with Crippen LogP contribution in [0.2, 0.25) is 0 Å². The summed E-state index contributed by atoms with van der Waals surface area (Å²) in [6, 6.07) is 10.9. The molecule has 4 heterocycles. The number of piperidine rings is 3. The van der Waals surface area contributed by atoms with Crippen LogP contribution in [0.4, 0.5) is 15.3 Å². The molecule has 2 radical (unpaired) electrons. The smallest absolute Gasteiger partial charge is 0.410 e. The molecule has 4 aliphatic heterocycles. The monoisotopic (exact) mass is 764 g/mol. The van der Waals surface area contributed by atoms with Crippen LogP contribution in [-0.2, 0) is 27.2 Å². The maximum absolute atomic E-state index is 14.1. The minimum absolute atomic E-state index is 0.0216. The number of ether oxygens (including phenoxy) is 1. The SMILES string of the molecule is [B]c1cc(C[C@@H](OC(=O)N2CCC(N3CCc4ccccc4NC3=O)CC2)C(=O)N2CCC(C3CCN(CC(=O)NO)CC3)CC2)cc(Br)c1O. The van der Waals surface area contributed by atoms with Crippen LogP contribution in [0.1, 0.15) is 49.7 Å². The number of halogens is 1. The zero-order chi connectivity index (χ0) is 36.1. The summed E-state index contributed by atoms with van der Waals surface area (Å²) in [6.07, 6.45) is 3.99. The van der Waals surface area contributed by atoms with Gasteiger partial charge in [0.2, 0.25) is 0 Å². The van der Waals surface area contributed by atoms with Gasteiger partial charge in [0.25, 0.3) is 11.8 Å². The van der Waals surface area contributed by atoms with E-state index in [1.807, 2.05) is 34.1 Å². The summed E-state index contributed by atoms with van der Waals surface area (Å²) in [7, 11) is 6.02. The largest absolute Gasteiger partial charge is 0.507 e. The number of urea groups is 1. The number of carbonyl (C=O) groups is 4. The lowest BCUT2D eigenvalue weighted by atomic mass is 9.78. The summed E-state index contributed by atoms with van der Waals surface area (Å²) in [4.78, 5) is 59.6. The Kier molecular flexibility index (Phi) is 12.1. The number of rotatable bonds is 8. The van der Waals surface area contributed by atoms with Gasteiger partial charge in [-0.05, 0) is 109 Å². The lowest BCUT2D eigenvalue weighted by molar-refractivity contribution is -0.142. The van der Waals surface area contributed by atoms with E-state index in [0.29, 0.717) is 67.4 Å². The van der Waals surface area contributed by atoms with Gasteiger partial charge in [0.15, 0.2) is 6.10 Å². The molecule has 3 fully saturated rings. The number of anilines is 1. The van der Waals surface area contributed by atoms with Crippen LogP contribution in [0.5, 0.6) is 5.75 Å². The van der Waals surface area contributed by atoms with Crippen LogP contribution < -0.4 is 16.3 Å². The Morgan fingerprint density at radius 1 is 0.941 bits per heavy atom. The average molecular weight is 766 g/mol. The number of carbonyl (C=O) groups excluding carboxylic acids is 4. The zero-order valence-electron chi connectivity index (χ0n) is 28.8. The van der Waals surface area contributed by atoms with E-state index in [1.165, 1.54) is 0 Å². The van der Waals surface area contributed by atoms with Crippen LogP contribution in [0.15, 0.2) is 40.9 Å². The normalized spacial score (nSPS) is 20.3. The topological polar surface area (TPSA) is 155 Å². The maximum Gasteiger partial charge on any atom is 0.410 e. The molecule has 0 aromatic heterocycles. The number of hydrogen-bond donors (Lipinski definition) is 4. The van der Waals surface area contributed by atoms with Gasteiger partial charge in [-0.2, -0.15) is 0 Å². The highest BCUT2D eigenvalue weighted by Gasteiger charge is 2.37. The van der Waals surface area contributed by atoms with Gasteiger partial charge in [-0.15, -0.1) is 0 Å². The van der Waals surface area contributed by atoms with E-state index in [1.54, 1.807) is 27.4 Å². The Balaban J connectivity index is 1.06. The maximum atomic E-state index is 14.1. The van der Waals surface area contributed by atoms with Crippen molar-refractivity contribution in [2.75, 3.05) is 57.7 Å². The molecule has 2 aromatic carbocycles. The summed E-state index contributed by atoms with van der Waals surface area (Å²) in [5.74, 6) is 0.202. The van der Waals surface area contributed by atoms with Gasteiger partial charge >= 0.3 is 12.1 Å². The highest BCUT2D eigenvalue weighted by atomic mass is 79.9.